The van der Waals surface area contributed by atoms with E-state index < -0.39 is 0 Å². The summed E-state index contributed by atoms with van der Waals surface area (Å²) in [6.45, 7) is 8.00. The summed E-state index contributed by atoms with van der Waals surface area (Å²) in [6, 6.07) is 0. The Kier molecular flexibility index (Phi) is 5.21. The highest BCUT2D eigenvalue weighted by molar-refractivity contribution is 5.84. The minimum absolute atomic E-state index is 0.886. The SMILES string of the molecule is C/C=C\C(=C/C)c1conc1C(/C=C\C)=C/C. The molecule has 0 fully saturated rings. The average molecular weight is 229 g/mol. The lowest BCUT2D eigenvalue weighted by molar-refractivity contribution is 0.417. The molecule has 0 aliphatic carbocycles. The van der Waals surface area contributed by atoms with Crippen LogP contribution in [0.4, 0.5) is 0 Å². The van der Waals surface area contributed by atoms with Crippen LogP contribution in [0.25, 0.3) is 11.1 Å². The molecule has 0 aromatic carbocycles. The molecule has 0 bridgehead atoms. The van der Waals surface area contributed by atoms with Crippen LogP contribution in [0.5, 0.6) is 0 Å². The normalized spacial score (nSPS) is 14.1. The van der Waals surface area contributed by atoms with Crippen LogP contribution < -0.4 is 0 Å². The van der Waals surface area contributed by atoms with Crippen LogP contribution in [0.2, 0.25) is 0 Å². The smallest absolute Gasteiger partial charge is 0.132 e. The standard InChI is InChI=1S/C15H19NO/c1-5-9-12(7-3)14-11-17-16-15(14)13(8-4)10-6-2/h5-11H,1-4H3/b9-5-,10-6-,12-7+,13-8+. The van der Waals surface area contributed by atoms with E-state index >= 15 is 0 Å². The van der Waals surface area contributed by atoms with Gasteiger partial charge in [-0.1, -0.05) is 41.6 Å². The lowest BCUT2D eigenvalue weighted by Gasteiger charge is -2.02. The molecule has 0 aliphatic heterocycles. The molecule has 1 rings (SSSR count). The van der Waals surface area contributed by atoms with Crippen molar-refractivity contribution < 1.29 is 4.52 Å². The molecule has 0 aliphatic rings. The maximum Gasteiger partial charge on any atom is 0.132 e. The van der Waals surface area contributed by atoms with Gasteiger partial charge in [-0.05, 0) is 38.8 Å². The molecule has 0 atom stereocenters. The molecule has 0 spiro atoms. The van der Waals surface area contributed by atoms with Gasteiger partial charge in [0.25, 0.3) is 0 Å². The first-order valence-corrected chi connectivity index (χ1v) is 5.81. The quantitative estimate of drug-likeness (QED) is 0.703. The van der Waals surface area contributed by atoms with Gasteiger partial charge < -0.3 is 4.52 Å². The lowest BCUT2D eigenvalue weighted by atomic mass is 10.0. The molecule has 0 radical (unpaired) electrons. The fourth-order valence-corrected chi connectivity index (χ4v) is 1.66. The molecular weight excluding hydrogens is 210 g/mol. The topological polar surface area (TPSA) is 26.0 Å². The Hall–Kier alpha value is -1.83. The molecule has 0 unspecified atom stereocenters. The Morgan fingerprint density at radius 2 is 1.59 bits per heavy atom. The molecule has 0 amide bonds. The summed E-state index contributed by atoms with van der Waals surface area (Å²) in [4.78, 5) is 0. The number of nitrogens with zero attached hydrogens (tertiary/aromatic N) is 1. The molecule has 2 heteroatoms. The molecule has 17 heavy (non-hydrogen) atoms. The molecule has 90 valence electrons. The molecular formula is C15H19NO. The monoisotopic (exact) mass is 229 g/mol. The zero-order chi connectivity index (χ0) is 12.7. The second-order valence-electron chi connectivity index (χ2n) is 3.56. The van der Waals surface area contributed by atoms with Crippen molar-refractivity contribution in [3.63, 3.8) is 0 Å². The van der Waals surface area contributed by atoms with Crippen molar-refractivity contribution in [2.24, 2.45) is 0 Å². The van der Waals surface area contributed by atoms with Crippen LogP contribution in [-0.2, 0) is 0 Å². The second kappa shape index (κ2) is 6.69. The Morgan fingerprint density at radius 1 is 1.00 bits per heavy atom. The maximum atomic E-state index is 5.10. The van der Waals surface area contributed by atoms with Crippen LogP contribution in [0.1, 0.15) is 39.0 Å². The zero-order valence-corrected chi connectivity index (χ0v) is 10.9. The van der Waals surface area contributed by atoms with Crippen molar-refractivity contribution in [1.82, 2.24) is 5.16 Å². The summed E-state index contributed by atoms with van der Waals surface area (Å²) in [6.07, 6.45) is 13.9. The van der Waals surface area contributed by atoms with Crippen molar-refractivity contribution in [3.05, 3.63) is 54.0 Å². The van der Waals surface area contributed by atoms with Crippen molar-refractivity contribution >= 4 is 11.1 Å². The second-order valence-corrected chi connectivity index (χ2v) is 3.56. The van der Waals surface area contributed by atoms with Gasteiger partial charge in [-0.3, -0.25) is 0 Å². The minimum Gasteiger partial charge on any atom is -0.363 e. The Morgan fingerprint density at radius 3 is 2.12 bits per heavy atom. The highest BCUT2D eigenvalue weighted by Gasteiger charge is 2.12. The number of rotatable bonds is 4. The number of allylic oxidation sites excluding steroid dienone is 8. The number of hydrogen-bond acceptors (Lipinski definition) is 2. The van der Waals surface area contributed by atoms with Gasteiger partial charge in [-0.25, -0.2) is 0 Å². The Bertz CT molecular complexity index is 430. The van der Waals surface area contributed by atoms with E-state index in [2.05, 4.69) is 17.3 Å². The van der Waals surface area contributed by atoms with Crippen LogP contribution in [0.15, 0.2) is 47.2 Å². The molecule has 0 saturated heterocycles. The van der Waals surface area contributed by atoms with E-state index in [9.17, 15) is 0 Å². The Balaban J connectivity index is 3.25. The van der Waals surface area contributed by atoms with E-state index in [1.807, 2.05) is 52.0 Å². The number of hydrogen-bond donors (Lipinski definition) is 0. The first-order valence-electron chi connectivity index (χ1n) is 5.81. The Labute approximate surface area is 103 Å². The van der Waals surface area contributed by atoms with Crippen LogP contribution >= 0.6 is 0 Å². The van der Waals surface area contributed by atoms with Crippen molar-refractivity contribution in [3.8, 4) is 0 Å². The van der Waals surface area contributed by atoms with Crippen LogP contribution in [0.3, 0.4) is 0 Å². The van der Waals surface area contributed by atoms with Gasteiger partial charge in [0, 0.05) is 5.56 Å². The predicted molar refractivity (Wildman–Crippen MR) is 73.4 cm³/mol. The summed E-state index contributed by atoms with van der Waals surface area (Å²) in [5.74, 6) is 0. The molecule has 1 aromatic rings. The summed E-state index contributed by atoms with van der Waals surface area (Å²) >= 11 is 0. The zero-order valence-electron chi connectivity index (χ0n) is 10.9. The summed E-state index contributed by atoms with van der Waals surface area (Å²) < 4.78 is 5.10. The third-order valence-corrected chi connectivity index (χ3v) is 2.47. The lowest BCUT2D eigenvalue weighted by Crippen LogP contribution is -1.88. The van der Waals surface area contributed by atoms with Gasteiger partial charge in [0.05, 0.1) is 0 Å². The summed E-state index contributed by atoms with van der Waals surface area (Å²) in [5.41, 5.74) is 4.10. The fourth-order valence-electron chi connectivity index (χ4n) is 1.66. The molecule has 0 N–H and O–H groups in total. The van der Waals surface area contributed by atoms with Gasteiger partial charge in [0.1, 0.15) is 12.0 Å². The highest BCUT2D eigenvalue weighted by atomic mass is 16.5. The average Bonchev–Trinajstić information content (AvgIpc) is 2.81. The molecule has 1 heterocycles. The van der Waals surface area contributed by atoms with Crippen molar-refractivity contribution in [2.45, 2.75) is 27.7 Å². The van der Waals surface area contributed by atoms with E-state index in [-0.39, 0.29) is 0 Å². The van der Waals surface area contributed by atoms with E-state index in [1.54, 1.807) is 6.26 Å². The first-order chi connectivity index (χ1) is 8.28. The minimum atomic E-state index is 0.886. The number of aromatic nitrogens is 1. The van der Waals surface area contributed by atoms with Crippen molar-refractivity contribution in [2.75, 3.05) is 0 Å². The molecule has 0 saturated carbocycles. The van der Waals surface area contributed by atoms with E-state index in [0.29, 0.717) is 0 Å². The predicted octanol–water partition coefficient (Wildman–Crippen LogP) is 4.63. The van der Waals surface area contributed by atoms with Crippen LogP contribution in [-0.4, -0.2) is 5.16 Å². The van der Waals surface area contributed by atoms with Gasteiger partial charge >= 0.3 is 0 Å². The van der Waals surface area contributed by atoms with Crippen LogP contribution in [0, 0.1) is 0 Å². The third kappa shape index (κ3) is 3.06. The van der Waals surface area contributed by atoms with E-state index in [0.717, 1.165) is 22.4 Å². The van der Waals surface area contributed by atoms with Gasteiger partial charge in [0.15, 0.2) is 0 Å². The summed E-state index contributed by atoms with van der Waals surface area (Å²) in [5, 5.41) is 4.09. The van der Waals surface area contributed by atoms with Gasteiger partial charge in [0.2, 0.25) is 0 Å². The van der Waals surface area contributed by atoms with Gasteiger partial charge in [-0.2, -0.15) is 0 Å². The maximum absolute atomic E-state index is 5.10. The highest BCUT2D eigenvalue weighted by Crippen LogP contribution is 2.26. The summed E-state index contributed by atoms with van der Waals surface area (Å²) in [7, 11) is 0. The van der Waals surface area contributed by atoms with Crippen molar-refractivity contribution in [1.29, 1.82) is 0 Å². The molecule has 2 nitrogen and oxygen atoms in total. The van der Waals surface area contributed by atoms with E-state index in [4.69, 9.17) is 4.52 Å². The van der Waals surface area contributed by atoms with E-state index in [1.165, 1.54) is 0 Å². The first kappa shape index (κ1) is 13.2. The fraction of sp³-hybridized carbons (Fsp3) is 0.267. The third-order valence-electron chi connectivity index (χ3n) is 2.47. The largest absolute Gasteiger partial charge is 0.363 e. The molecule has 1 aromatic heterocycles. The van der Waals surface area contributed by atoms with Gasteiger partial charge in [-0.15, -0.1) is 0 Å².